The Morgan fingerprint density at radius 2 is 1.65 bits per heavy atom. The number of nitrogens with zero attached hydrogens (tertiary/aromatic N) is 1. The summed E-state index contributed by atoms with van der Waals surface area (Å²) in [4.78, 5) is 38.1. The fourth-order valence-corrected chi connectivity index (χ4v) is 4.66. The Hall–Kier alpha value is -4.43. The smallest absolute Gasteiger partial charge is 0.305 e. The second-order valence-electron chi connectivity index (χ2n) is 8.65. The van der Waals surface area contributed by atoms with Crippen LogP contribution in [0.3, 0.4) is 0 Å². The molecule has 0 atom stereocenters. The predicted octanol–water partition coefficient (Wildman–Crippen LogP) is 4.94. The number of amides is 3. The van der Waals surface area contributed by atoms with Gasteiger partial charge < -0.3 is 4.42 Å². The van der Waals surface area contributed by atoms with Gasteiger partial charge in [-0.1, -0.05) is 54.1 Å². The van der Waals surface area contributed by atoms with Crippen LogP contribution in [0, 0.1) is 6.92 Å². The van der Waals surface area contributed by atoms with Crippen molar-refractivity contribution in [3.05, 3.63) is 106 Å². The first-order valence-corrected chi connectivity index (χ1v) is 12.1. The Morgan fingerprint density at radius 1 is 0.892 bits per heavy atom. The number of benzene rings is 3. The first-order valence-electron chi connectivity index (χ1n) is 11.8. The van der Waals surface area contributed by atoms with Crippen molar-refractivity contribution in [1.82, 2.24) is 16.3 Å². The highest BCUT2D eigenvalue weighted by Gasteiger charge is 2.28. The van der Waals surface area contributed by atoms with E-state index in [0.29, 0.717) is 51.6 Å². The van der Waals surface area contributed by atoms with Crippen LogP contribution in [-0.4, -0.2) is 23.4 Å². The first kappa shape index (κ1) is 24.3. The topological polar surface area (TPSA) is 113 Å². The van der Waals surface area contributed by atoms with E-state index in [-0.39, 0.29) is 11.7 Å². The number of carbonyl (C=O) groups excluding carboxylic acids is 3. The predicted molar refractivity (Wildman–Crippen MR) is 141 cm³/mol. The van der Waals surface area contributed by atoms with Crippen LogP contribution in [0.1, 0.15) is 61.0 Å². The van der Waals surface area contributed by atoms with Crippen molar-refractivity contribution in [2.24, 2.45) is 5.10 Å². The molecule has 3 amide bonds. The number of fused-ring (bicyclic) bond motifs is 2. The number of nitrogens with one attached hydrogen (secondary N) is 3. The van der Waals surface area contributed by atoms with E-state index in [4.69, 9.17) is 16.0 Å². The Balaban J connectivity index is 1.33. The van der Waals surface area contributed by atoms with Gasteiger partial charge in [0.05, 0.1) is 5.71 Å². The van der Waals surface area contributed by atoms with Crippen LogP contribution in [0.4, 0.5) is 0 Å². The second kappa shape index (κ2) is 10.3. The molecule has 1 aromatic heterocycles. The summed E-state index contributed by atoms with van der Waals surface area (Å²) in [5.74, 6) is -0.733. The molecule has 0 saturated carbocycles. The van der Waals surface area contributed by atoms with E-state index in [1.54, 1.807) is 31.2 Å². The van der Waals surface area contributed by atoms with Crippen molar-refractivity contribution >= 4 is 45.8 Å². The maximum absolute atomic E-state index is 12.9. The molecule has 0 radical (unpaired) electrons. The molecule has 0 bridgehead atoms. The SMILES string of the molecule is Cc1c(C(=O)NNC(=O)c2cccc(Cl)c2)oc2c1/C(=N/NC(=O)c1cccc3ccccc13)CCC2. The average molecular weight is 515 g/mol. The summed E-state index contributed by atoms with van der Waals surface area (Å²) < 4.78 is 5.86. The van der Waals surface area contributed by atoms with Crippen molar-refractivity contribution in [1.29, 1.82) is 0 Å². The van der Waals surface area contributed by atoms with E-state index < -0.39 is 11.8 Å². The summed E-state index contributed by atoms with van der Waals surface area (Å²) in [6.45, 7) is 1.75. The minimum Gasteiger partial charge on any atom is -0.455 e. The van der Waals surface area contributed by atoms with E-state index in [9.17, 15) is 14.4 Å². The third kappa shape index (κ3) is 4.96. The van der Waals surface area contributed by atoms with Gasteiger partial charge in [0.1, 0.15) is 5.76 Å². The summed E-state index contributed by atoms with van der Waals surface area (Å²) in [5, 5.41) is 6.62. The molecule has 8 nitrogen and oxygen atoms in total. The molecule has 0 unspecified atom stereocenters. The molecule has 0 spiro atoms. The van der Waals surface area contributed by atoms with Gasteiger partial charge in [-0.05, 0) is 54.8 Å². The Kier molecular flexibility index (Phi) is 6.74. The number of furan rings is 1. The lowest BCUT2D eigenvalue weighted by Crippen LogP contribution is -2.41. The van der Waals surface area contributed by atoms with Gasteiger partial charge in [0.15, 0.2) is 5.76 Å². The molecule has 0 aliphatic heterocycles. The van der Waals surface area contributed by atoms with Gasteiger partial charge in [-0.15, -0.1) is 0 Å². The largest absolute Gasteiger partial charge is 0.455 e. The van der Waals surface area contributed by atoms with Gasteiger partial charge in [-0.25, -0.2) is 5.43 Å². The lowest BCUT2D eigenvalue weighted by Gasteiger charge is -2.13. The third-order valence-electron chi connectivity index (χ3n) is 6.23. The van der Waals surface area contributed by atoms with Crippen molar-refractivity contribution < 1.29 is 18.8 Å². The van der Waals surface area contributed by atoms with Gasteiger partial charge in [0.25, 0.3) is 11.8 Å². The molecule has 1 aliphatic carbocycles. The van der Waals surface area contributed by atoms with Crippen LogP contribution in [-0.2, 0) is 6.42 Å². The number of carbonyl (C=O) groups is 3. The third-order valence-corrected chi connectivity index (χ3v) is 6.47. The minimum absolute atomic E-state index is 0.0753. The van der Waals surface area contributed by atoms with Crippen molar-refractivity contribution in [2.45, 2.75) is 26.2 Å². The molecule has 0 fully saturated rings. The van der Waals surface area contributed by atoms with Gasteiger partial charge in [0.2, 0.25) is 0 Å². The molecular formula is C28H23ClN4O4. The van der Waals surface area contributed by atoms with Crippen LogP contribution < -0.4 is 16.3 Å². The van der Waals surface area contributed by atoms with E-state index in [0.717, 1.165) is 17.2 Å². The number of hydrazine groups is 1. The van der Waals surface area contributed by atoms with E-state index in [2.05, 4.69) is 21.4 Å². The summed E-state index contributed by atoms with van der Waals surface area (Å²) in [6, 6.07) is 19.6. The molecule has 186 valence electrons. The van der Waals surface area contributed by atoms with E-state index in [1.807, 2.05) is 36.4 Å². The fourth-order valence-electron chi connectivity index (χ4n) is 4.47. The lowest BCUT2D eigenvalue weighted by atomic mass is 9.93. The number of hydrogen-bond acceptors (Lipinski definition) is 5. The zero-order valence-electron chi connectivity index (χ0n) is 19.9. The number of hydrazone groups is 1. The summed E-state index contributed by atoms with van der Waals surface area (Å²) in [6.07, 6.45) is 2.01. The highest BCUT2D eigenvalue weighted by Crippen LogP contribution is 2.30. The quantitative estimate of drug-likeness (QED) is 0.335. The number of rotatable bonds is 4. The van der Waals surface area contributed by atoms with Gasteiger partial charge in [-0.3, -0.25) is 25.2 Å². The lowest BCUT2D eigenvalue weighted by molar-refractivity contribution is 0.0829. The highest BCUT2D eigenvalue weighted by molar-refractivity contribution is 6.31. The molecule has 3 N–H and O–H groups in total. The number of halogens is 1. The molecule has 0 saturated heterocycles. The van der Waals surface area contributed by atoms with Crippen molar-refractivity contribution in [2.75, 3.05) is 0 Å². The van der Waals surface area contributed by atoms with Gasteiger partial charge in [0, 0.05) is 33.7 Å². The highest BCUT2D eigenvalue weighted by atomic mass is 35.5. The molecule has 3 aromatic carbocycles. The van der Waals surface area contributed by atoms with Crippen LogP contribution in [0.5, 0.6) is 0 Å². The second-order valence-corrected chi connectivity index (χ2v) is 9.09. The van der Waals surface area contributed by atoms with Gasteiger partial charge >= 0.3 is 5.91 Å². The van der Waals surface area contributed by atoms with Crippen LogP contribution in [0.2, 0.25) is 5.02 Å². The summed E-state index contributed by atoms with van der Waals surface area (Å²) >= 11 is 5.93. The van der Waals surface area contributed by atoms with Crippen LogP contribution in [0.25, 0.3) is 10.8 Å². The number of hydrogen-bond donors (Lipinski definition) is 3. The number of aryl methyl sites for hydroxylation is 1. The molecule has 5 rings (SSSR count). The molecule has 4 aromatic rings. The monoisotopic (exact) mass is 514 g/mol. The molecule has 9 heteroatoms. The zero-order chi connectivity index (χ0) is 25.9. The average Bonchev–Trinajstić information content (AvgIpc) is 3.26. The molecule has 1 heterocycles. The molecular weight excluding hydrogens is 492 g/mol. The van der Waals surface area contributed by atoms with Crippen LogP contribution >= 0.6 is 11.6 Å². The zero-order valence-corrected chi connectivity index (χ0v) is 20.7. The normalized spacial score (nSPS) is 13.7. The Morgan fingerprint density at radius 3 is 2.49 bits per heavy atom. The van der Waals surface area contributed by atoms with E-state index in [1.165, 1.54) is 6.07 Å². The molecule has 37 heavy (non-hydrogen) atoms. The standard InChI is InChI=1S/C28H23ClN4O4/c1-16-24-22(30-32-27(35)21-12-5-8-17-7-2-3-11-20(17)21)13-6-14-23(24)37-25(16)28(36)33-31-26(34)18-9-4-10-19(29)15-18/h2-5,7-12,15H,6,13-14H2,1H3,(H,31,34)(H,32,35)(H,33,36)/b30-22+. The molecule has 1 aliphatic rings. The Bertz CT molecular complexity index is 1570. The van der Waals surface area contributed by atoms with Crippen LogP contribution in [0.15, 0.2) is 76.2 Å². The summed E-state index contributed by atoms with van der Waals surface area (Å²) in [7, 11) is 0. The first-order chi connectivity index (χ1) is 17.9. The minimum atomic E-state index is -0.596. The maximum atomic E-state index is 12.9. The van der Waals surface area contributed by atoms with E-state index >= 15 is 0 Å². The fraction of sp³-hybridized carbons (Fsp3) is 0.143. The van der Waals surface area contributed by atoms with Crippen molar-refractivity contribution in [3.63, 3.8) is 0 Å². The Labute approximate surface area is 217 Å². The van der Waals surface area contributed by atoms with Crippen molar-refractivity contribution in [3.8, 4) is 0 Å². The maximum Gasteiger partial charge on any atom is 0.305 e. The van der Waals surface area contributed by atoms with Gasteiger partial charge in [-0.2, -0.15) is 5.10 Å². The summed E-state index contributed by atoms with van der Waals surface area (Å²) in [5.41, 5.74) is 10.2.